The molecule has 3 heterocycles. The lowest BCUT2D eigenvalue weighted by Crippen LogP contribution is -2.42. The van der Waals surface area contributed by atoms with Gasteiger partial charge < -0.3 is 18.6 Å². The number of hydrogen-bond donors (Lipinski definition) is 0. The fourth-order valence-corrected chi connectivity index (χ4v) is 3.42. The third-order valence-electron chi connectivity index (χ3n) is 5.41. The highest BCUT2D eigenvalue weighted by Crippen LogP contribution is 2.38. The van der Waals surface area contributed by atoms with E-state index >= 15 is 0 Å². The van der Waals surface area contributed by atoms with Gasteiger partial charge in [0.15, 0.2) is 0 Å². The molecule has 2 aliphatic rings. The average Bonchev–Trinajstić information content (AvgIpc) is 2.96. The fourth-order valence-electron chi connectivity index (χ4n) is 2.49. The van der Waals surface area contributed by atoms with Gasteiger partial charge in [0, 0.05) is 16.5 Å². The second-order valence-electron chi connectivity index (χ2n) is 8.14. The molecule has 1 atom stereocenters. The normalized spacial score (nSPS) is 31.8. The summed E-state index contributed by atoms with van der Waals surface area (Å²) in [6.45, 7) is 18.3. The van der Waals surface area contributed by atoms with E-state index in [1.165, 1.54) is 0 Å². The summed E-state index contributed by atoms with van der Waals surface area (Å²) in [6, 6.07) is 4.05. The van der Waals surface area contributed by atoms with Crippen LogP contribution in [0.1, 0.15) is 48.5 Å². The summed E-state index contributed by atoms with van der Waals surface area (Å²) in [5.74, 6) is 0. The van der Waals surface area contributed by atoms with Gasteiger partial charge in [-0.2, -0.15) is 11.3 Å². The first kappa shape index (κ1) is 17.4. The van der Waals surface area contributed by atoms with Gasteiger partial charge in [-0.3, -0.25) is 0 Å². The van der Waals surface area contributed by atoms with E-state index in [4.69, 9.17) is 18.6 Å². The zero-order valence-electron chi connectivity index (χ0n) is 15.1. The van der Waals surface area contributed by atoms with Crippen LogP contribution in [0.4, 0.5) is 0 Å². The summed E-state index contributed by atoms with van der Waals surface area (Å²) < 4.78 is 26.3. The molecule has 0 aromatic carbocycles. The van der Waals surface area contributed by atoms with Crippen LogP contribution in [0, 0.1) is 6.92 Å². The van der Waals surface area contributed by atoms with Crippen LogP contribution in [-0.4, -0.2) is 36.6 Å². The Balaban J connectivity index is 1.78. The van der Waals surface area contributed by atoms with Gasteiger partial charge in [-0.25, -0.2) is 0 Å². The molecule has 0 N–H and O–H groups in total. The van der Waals surface area contributed by atoms with E-state index in [2.05, 4.69) is 34.6 Å². The smallest absolute Gasteiger partial charge is 0.399 e. The molecule has 124 valence electrons. The molecule has 2 saturated heterocycles. The van der Waals surface area contributed by atoms with Gasteiger partial charge in [0.1, 0.15) is 5.60 Å². The van der Waals surface area contributed by atoms with Crippen LogP contribution < -0.4 is 9.55 Å². The predicted octanol–water partition coefficient (Wildman–Crippen LogP) is 2.16. The Bertz CT molecular complexity index is 526. The highest BCUT2D eigenvalue weighted by atomic mass is 32.1. The fraction of sp³-hybridized carbons (Fsp3) is 0.688. The second kappa shape index (κ2) is 5.02. The van der Waals surface area contributed by atoms with Crippen molar-refractivity contribution >= 4 is 35.1 Å². The van der Waals surface area contributed by atoms with Crippen molar-refractivity contribution in [1.82, 2.24) is 0 Å². The molecule has 0 aliphatic carbocycles. The van der Waals surface area contributed by atoms with Crippen LogP contribution in [0.25, 0.3) is 0 Å². The summed E-state index contributed by atoms with van der Waals surface area (Å²) in [5, 5.41) is 0. The van der Waals surface area contributed by atoms with E-state index in [1.54, 1.807) is 11.3 Å². The number of rotatable bonds is 2. The van der Waals surface area contributed by atoms with Gasteiger partial charge in [-0.1, -0.05) is 12.1 Å². The van der Waals surface area contributed by atoms with Crippen molar-refractivity contribution in [3.63, 3.8) is 0 Å². The molecule has 2 aliphatic heterocycles. The molecular formula is C16H25B2O4S+. The van der Waals surface area contributed by atoms with E-state index < -0.39 is 18.3 Å². The zero-order chi connectivity index (χ0) is 17.3. The second-order valence-corrected chi connectivity index (χ2v) is 9.28. The van der Waals surface area contributed by atoms with E-state index in [9.17, 15) is 0 Å². The van der Waals surface area contributed by atoms with Crippen LogP contribution in [0.3, 0.4) is 0 Å². The monoisotopic (exact) mass is 335 g/mol. The number of thiophene rings is 1. The highest BCUT2D eigenvalue weighted by Gasteiger charge is 2.58. The summed E-state index contributed by atoms with van der Waals surface area (Å²) in [6.07, 6.45) is 0. The Morgan fingerprint density at radius 3 is 1.52 bits per heavy atom. The molecule has 0 amide bonds. The molecule has 23 heavy (non-hydrogen) atoms. The summed E-state index contributed by atoms with van der Waals surface area (Å²) >= 11 is 1.60. The molecule has 4 nitrogen and oxygen atoms in total. The van der Waals surface area contributed by atoms with E-state index in [0.29, 0.717) is 0 Å². The van der Waals surface area contributed by atoms with Crippen LogP contribution in [0.2, 0.25) is 0 Å². The molecule has 0 saturated carbocycles. The Labute approximate surface area is 144 Å². The van der Waals surface area contributed by atoms with Gasteiger partial charge in [0.25, 0.3) is 0 Å². The summed E-state index contributed by atoms with van der Waals surface area (Å²) in [5.41, 5.74) is -1.69. The maximum absolute atomic E-state index is 6.10. The molecule has 1 unspecified atom stereocenters. The Morgan fingerprint density at radius 1 is 0.739 bits per heavy atom. The number of hydrogen-bond acceptors (Lipinski definition) is 5. The molecule has 0 spiro atoms. The first-order chi connectivity index (χ1) is 10.3. The summed E-state index contributed by atoms with van der Waals surface area (Å²) in [4.78, 5) is 0. The van der Waals surface area contributed by atoms with Gasteiger partial charge >= 0.3 is 14.2 Å². The lowest BCUT2D eigenvalue weighted by Gasteiger charge is -2.32. The average molecular weight is 335 g/mol. The van der Waals surface area contributed by atoms with Gasteiger partial charge in [-0.05, 0) is 41.5 Å². The van der Waals surface area contributed by atoms with Crippen LogP contribution in [-0.2, 0) is 18.6 Å². The third kappa shape index (κ3) is 2.76. The zero-order valence-corrected chi connectivity index (χ0v) is 15.9. The van der Waals surface area contributed by atoms with Crippen molar-refractivity contribution < 1.29 is 18.6 Å². The van der Waals surface area contributed by atoms with E-state index in [0.717, 1.165) is 9.55 Å². The molecule has 2 fully saturated rings. The Kier molecular flexibility index (Phi) is 3.79. The van der Waals surface area contributed by atoms with Gasteiger partial charge in [-0.15, -0.1) is 0 Å². The van der Waals surface area contributed by atoms with Crippen molar-refractivity contribution in [1.29, 1.82) is 0 Å². The van der Waals surface area contributed by atoms with Gasteiger partial charge in [0.05, 0.1) is 18.1 Å². The largest absolute Gasteiger partial charge is 0.508 e. The van der Waals surface area contributed by atoms with E-state index in [1.807, 2.05) is 32.9 Å². The van der Waals surface area contributed by atoms with Crippen molar-refractivity contribution in [2.24, 2.45) is 0 Å². The minimum absolute atomic E-state index is 0.337. The molecule has 7 heteroatoms. The molecule has 1 aromatic rings. The van der Waals surface area contributed by atoms with E-state index in [-0.39, 0.29) is 18.3 Å². The highest BCUT2D eigenvalue weighted by molar-refractivity contribution is 7.30. The third-order valence-corrected chi connectivity index (χ3v) is 6.54. The minimum Gasteiger partial charge on any atom is -0.399 e. The maximum Gasteiger partial charge on any atom is 0.508 e. The minimum atomic E-state index is -0.577. The van der Waals surface area contributed by atoms with Crippen LogP contribution >= 0.6 is 11.3 Å². The Hall–Kier alpha value is -0.460. The molecule has 1 aromatic heterocycles. The van der Waals surface area contributed by atoms with Crippen molar-refractivity contribution in [2.45, 2.75) is 70.9 Å². The van der Waals surface area contributed by atoms with Crippen molar-refractivity contribution in [3.8, 4) is 0 Å². The standard InChI is InChI=1S/C16H25B2O4S/c1-13(2)14(3,4)20-17(19-13)11-9-10-12(23-11)18-21-15(5,6)16(7,8)22-18/h9-10H,1H2,2-8H3/q+1. The van der Waals surface area contributed by atoms with Crippen molar-refractivity contribution in [2.75, 3.05) is 0 Å². The first-order valence-electron chi connectivity index (χ1n) is 8.01. The lowest BCUT2D eigenvalue weighted by molar-refractivity contribution is 0.00578. The first-order valence-corrected chi connectivity index (χ1v) is 8.83. The lowest BCUT2D eigenvalue weighted by atomic mass is 9.86. The van der Waals surface area contributed by atoms with Crippen LogP contribution in [0.15, 0.2) is 12.1 Å². The molecule has 3 rings (SSSR count). The quantitative estimate of drug-likeness (QED) is 0.613. The topological polar surface area (TPSA) is 36.9 Å². The van der Waals surface area contributed by atoms with Crippen LogP contribution in [0.5, 0.6) is 0 Å². The van der Waals surface area contributed by atoms with Crippen molar-refractivity contribution in [3.05, 3.63) is 19.1 Å². The maximum atomic E-state index is 6.10. The Morgan fingerprint density at radius 2 is 1.13 bits per heavy atom. The molecular weight excluding hydrogens is 310 g/mol. The van der Waals surface area contributed by atoms with Gasteiger partial charge in [0.2, 0.25) is 5.60 Å². The summed E-state index contributed by atoms with van der Waals surface area (Å²) in [7, 11) is -0.743. The molecule has 0 radical (unpaired) electrons. The SMILES string of the molecule is [CH2+]C1(C)OB(c2ccc(B3OC(C)(C)C(C)(C)O3)s2)OC1(C)C. The molecule has 0 bridgehead atoms. The predicted molar refractivity (Wildman–Crippen MR) is 95.4 cm³/mol.